The summed E-state index contributed by atoms with van der Waals surface area (Å²) < 4.78 is 12.2. The van der Waals surface area contributed by atoms with Crippen LogP contribution < -0.4 is 9.47 Å². The summed E-state index contributed by atoms with van der Waals surface area (Å²) in [5.41, 5.74) is 1.65. The maximum absolute atomic E-state index is 12.5. The van der Waals surface area contributed by atoms with Gasteiger partial charge in [0, 0.05) is 21.5 Å². The number of hydrogen-bond donors (Lipinski definition) is 0. The average molecular weight is 516 g/mol. The summed E-state index contributed by atoms with van der Waals surface area (Å²) in [5, 5.41) is 10.8. The minimum absolute atomic E-state index is 0.0357. The van der Waals surface area contributed by atoms with Gasteiger partial charge in [-0.1, -0.05) is 25.5 Å². The van der Waals surface area contributed by atoms with Gasteiger partial charge in [-0.25, -0.2) is 0 Å². The largest absolute Gasteiger partial charge is 0.493 e. The van der Waals surface area contributed by atoms with E-state index in [1.807, 2.05) is 12.1 Å². The molecule has 0 aliphatic heterocycles. The lowest BCUT2D eigenvalue weighted by molar-refractivity contribution is -0.384. The van der Waals surface area contributed by atoms with E-state index < -0.39 is 4.92 Å². The standard InChI is InChI=1S/C24H22BrNO5S/c1-3-4-23-19(25)14-24(32-23)20(27)11-7-16-8-12-21(22(13-16)30-2)31-15-17-5-9-18(10-6-17)26(28)29/h5-14H,3-4,15H2,1-2H3/b11-7+. The van der Waals surface area contributed by atoms with Crippen LogP contribution in [-0.4, -0.2) is 17.8 Å². The molecule has 1 aromatic heterocycles. The number of benzene rings is 2. The van der Waals surface area contributed by atoms with E-state index in [2.05, 4.69) is 22.9 Å². The first-order valence-electron chi connectivity index (χ1n) is 9.96. The summed E-state index contributed by atoms with van der Waals surface area (Å²) in [5.74, 6) is 1.03. The van der Waals surface area contributed by atoms with Crippen molar-refractivity contribution in [1.29, 1.82) is 0 Å². The van der Waals surface area contributed by atoms with Crippen molar-refractivity contribution in [3.63, 3.8) is 0 Å². The van der Waals surface area contributed by atoms with Gasteiger partial charge in [-0.15, -0.1) is 11.3 Å². The molecule has 166 valence electrons. The lowest BCUT2D eigenvalue weighted by atomic mass is 10.1. The second-order valence-corrected chi connectivity index (χ2v) is 8.94. The first kappa shape index (κ1) is 23.7. The molecule has 2 aromatic carbocycles. The van der Waals surface area contributed by atoms with Crippen LogP contribution in [0.2, 0.25) is 0 Å². The second kappa shape index (κ2) is 11.1. The van der Waals surface area contributed by atoms with E-state index in [1.54, 1.807) is 43.5 Å². The van der Waals surface area contributed by atoms with Crippen molar-refractivity contribution in [1.82, 2.24) is 0 Å². The molecule has 3 rings (SSSR count). The fraction of sp³-hybridized carbons (Fsp3) is 0.208. The maximum Gasteiger partial charge on any atom is 0.269 e. The van der Waals surface area contributed by atoms with E-state index in [0.29, 0.717) is 16.4 Å². The van der Waals surface area contributed by atoms with Gasteiger partial charge in [0.1, 0.15) is 6.61 Å². The van der Waals surface area contributed by atoms with E-state index in [9.17, 15) is 14.9 Å². The van der Waals surface area contributed by atoms with Crippen LogP contribution in [0.3, 0.4) is 0 Å². The summed E-state index contributed by atoms with van der Waals surface area (Å²) in [7, 11) is 1.55. The van der Waals surface area contributed by atoms with Crippen LogP contribution in [0.4, 0.5) is 5.69 Å². The number of nitro groups is 1. The van der Waals surface area contributed by atoms with Crippen molar-refractivity contribution < 1.29 is 19.2 Å². The Morgan fingerprint density at radius 2 is 1.91 bits per heavy atom. The maximum atomic E-state index is 12.5. The summed E-state index contributed by atoms with van der Waals surface area (Å²) >= 11 is 5.04. The number of hydrogen-bond acceptors (Lipinski definition) is 6. The van der Waals surface area contributed by atoms with E-state index >= 15 is 0 Å². The SMILES string of the molecule is CCCc1sc(C(=O)/C=C/c2ccc(OCc3ccc([N+](=O)[O-])cc3)c(OC)c2)cc1Br. The number of ketones is 1. The Labute approximate surface area is 198 Å². The quantitative estimate of drug-likeness (QED) is 0.127. The number of ether oxygens (including phenoxy) is 2. The van der Waals surface area contributed by atoms with Crippen molar-refractivity contribution in [2.45, 2.75) is 26.4 Å². The highest BCUT2D eigenvalue weighted by atomic mass is 79.9. The van der Waals surface area contributed by atoms with Gasteiger partial charge in [-0.3, -0.25) is 14.9 Å². The molecule has 0 aliphatic carbocycles. The van der Waals surface area contributed by atoms with Crippen molar-refractivity contribution in [2.75, 3.05) is 7.11 Å². The fourth-order valence-corrected chi connectivity index (χ4v) is 4.86. The molecule has 0 radical (unpaired) electrons. The number of thiophene rings is 1. The molecular formula is C24H22BrNO5S. The molecule has 0 N–H and O–H groups in total. The Morgan fingerprint density at radius 3 is 2.56 bits per heavy atom. The van der Waals surface area contributed by atoms with Crippen molar-refractivity contribution in [2.24, 2.45) is 0 Å². The molecule has 32 heavy (non-hydrogen) atoms. The molecule has 0 amide bonds. The van der Waals surface area contributed by atoms with Crippen molar-refractivity contribution in [3.8, 4) is 11.5 Å². The molecule has 1 heterocycles. The summed E-state index contributed by atoms with van der Waals surface area (Å²) in [6, 6.07) is 13.5. The molecule has 3 aromatic rings. The third-order valence-electron chi connectivity index (χ3n) is 4.63. The zero-order valence-electron chi connectivity index (χ0n) is 17.7. The van der Waals surface area contributed by atoms with Crippen LogP contribution in [0, 0.1) is 10.1 Å². The van der Waals surface area contributed by atoms with E-state index in [-0.39, 0.29) is 18.1 Å². The van der Waals surface area contributed by atoms with Crippen LogP contribution in [0.5, 0.6) is 11.5 Å². The van der Waals surface area contributed by atoms with E-state index in [0.717, 1.165) is 28.4 Å². The van der Waals surface area contributed by atoms with Gasteiger partial charge in [0.15, 0.2) is 17.3 Å². The third kappa shape index (κ3) is 6.05. The minimum atomic E-state index is -0.438. The lowest BCUT2D eigenvalue weighted by Crippen LogP contribution is -1.98. The van der Waals surface area contributed by atoms with Gasteiger partial charge >= 0.3 is 0 Å². The van der Waals surface area contributed by atoms with Gasteiger partial charge in [0.2, 0.25) is 0 Å². The molecule has 0 spiro atoms. The van der Waals surface area contributed by atoms with E-state index in [1.165, 1.54) is 28.3 Å². The van der Waals surface area contributed by atoms with Gasteiger partial charge in [0.25, 0.3) is 5.69 Å². The number of carbonyl (C=O) groups excluding carboxylic acids is 1. The van der Waals surface area contributed by atoms with Crippen LogP contribution in [0.25, 0.3) is 6.08 Å². The van der Waals surface area contributed by atoms with Crippen LogP contribution in [-0.2, 0) is 13.0 Å². The van der Waals surface area contributed by atoms with E-state index in [4.69, 9.17) is 9.47 Å². The fourth-order valence-electron chi connectivity index (χ4n) is 2.96. The normalized spacial score (nSPS) is 11.0. The van der Waals surface area contributed by atoms with Crippen LogP contribution >= 0.6 is 27.3 Å². The first-order chi connectivity index (χ1) is 15.4. The van der Waals surface area contributed by atoms with Gasteiger partial charge < -0.3 is 9.47 Å². The highest BCUT2D eigenvalue weighted by molar-refractivity contribution is 9.10. The topological polar surface area (TPSA) is 78.7 Å². The van der Waals surface area contributed by atoms with Gasteiger partial charge in [0.05, 0.1) is 16.9 Å². The predicted octanol–water partition coefficient (Wildman–Crippen LogP) is 6.86. The zero-order valence-corrected chi connectivity index (χ0v) is 20.1. The summed E-state index contributed by atoms with van der Waals surface area (Å²) in [6.45, 7) is 2.36. The smallest absolute Gasteiger partial charge is 0.269 e. The Balaban J connectivity index is 1.67. The Hall–Kier alpha value is -2.97. The van der Waals surface area contributed by atoms with Gasteiger partial charge in [-0.05, 0) is 69.9 Å². The molecule has 8 heteroatoms. The summed E-state index contributed by atoms with van der Waals surface area (Å²) in [4.78, 5) is 24.7. The molecule has 0 aliphatic rings. The molecule has 0 saturated carbocycles. The summed E-state index contributed by atoms with van der Waals surface area (Å²) in [6.07, 6.45) is 5.28. The number of halogens is 1. The third-order valence-corrected chi connectivity index (χ3v) is 6.81. The molecule has 0 atom stereocenters. The number of nitro benzene ring substituents is 1. The number of aryl methyl sites for hydroxylation is 1. The lowest BCUT2D eigenvalue weighted by Gasteiger charge is -2.11. The van der Waals surface area contributed by atoms with Crippen molar-refractivity contribution in [3.05, 3.63) is 90.1 Å². The molecule has 6 nitrogen and oxygen atoms in total. The number of non-ortho nitro benzene ring substituents is 1. The monoisotopic (exact) mass is 515 g/mol. The number of carbonyl (C=O) groups is 1. The van der Waals surface area contributed by atoms with Crippen LogP contribution in [0.1, 0.15) is 39.0 Å². The number of nitrogens with zero attached hydrogens (tertiary/aromatic N) is 1. The first-order valence-corrected chi connectivity index (χ1v) is 11.6. The average Bonchev–Trinajstić information content (AvgIpc) is 3.17. The molecular weight excluding hydrogens is 494 g/mol. The highest BCUT2D eigenvalue weighted by Crippen LogP contribution is 2.31. The molecule has 0 bridgehead atoms. The highest BCUT2D eigenvalue weighted by Gasteiger charge is 2.11. The Bertz CT molecular complexity index is 1140. The Morgan fingerprint density at radius 1 is 1.16 bits per heavy atom. The second-order valence-electron chi connectivity index (χ2n) is 6.95. The van der Waals surface area contributed by atoms with Crippen LogP contribution in [0.15, 0.2) is 59.1 Å². The van der Waals surface area contributed by atoms with Crippen molar-refractivity contribution >= 4 is 44.8 Å². The number of allylic oxidation sites excluding steroid dienone is 1. The Kier molecular flexibility index (Phi) is 8.19. The number of rotatable bonds is 10. The number of methoxy groups -OCH3 is 1. The zero-order chi connectivity index (χ0) is 23.1. The van der Waals surface area contributed by atoms with Gasteiger partial charge in [-0.2, -0.15) is 0 Å². The predicted molar refractivity (Wildman–Crippen MR) is 130 cm³/mol. The molecule has 0 unspecified atom stereocenters. The minimum Gasteiger partial charge on any atom is -0.493 e. The molecule has 0 fully saturated rings. The molecule has 0 saturated heterocycles.